The van der Waals surface area contributed by atoms with Gasteiger partial charge in [-0.1, -0.05) is 36.4 Å². The van der Waals surface area contributed by atoms with Crippen LogP contribution in [-0.2, 0) is 24.2 Å². The Kier molecular flexibility index (Phi) is 7.33. The van der Waals surface area contributed by atoms with Crippen molar-refractivity contribution < 1.29 is 14.0 Å². The average Bonchev–Trinajstić information content (AvgIpc) is 2.93. The maximum atomic E-state index is 13.2. The van der Waals surface area contributed by atoms with Crippen molar-refractivity contribution in [2.45, 2.75) is 38.8 Å². The molecule has 0 unspecified atom stereocenters. The molecule has 6 nitrogen and oxygen atoms in total. The monoisotopic (exact) mass is 500 g/mol. The lowest BCUT2D eigenvalue weighted by molar-refractivity contribution is -0.130. The van der Waals surface area contributed by atoms with Gasteiger partial charge in [0.05, 0.1) is 0 Å². The molecule has 2 aliphatic rings. The van der Waals surface area contributed by atoms with E-state index in [0.29, 0.717) is 5.69 Å². The van der Waals surface area contributed by atoms with E-state index in [2.05, 4.69) is 28.1 Å². The van der Waals surface area contributed by atoms with Crippen LogP contribution in [0, 0.1) is 5.82 Å². The second-order valence-corrected chi connectivity index (χ2v) is 10.1. The Morgan fingerprint density at radius 1 is 0.973 bits per heavy atom. The van der Waals surface area contributed by atoms with Crippen LogP contribution in [0.2, 0.25) is 0 Å². The number of benzene rings is 2. The summed E-state index contributed by atoms with van der Waals surface area (Å²) >= 11 is 0. The van der Waals surface area contributed by atoms with E-state index in [-0.39, 0.29) is 23.7 Å². The van der Waals surface area contributed by atoms with Gasteiger partial charge >= 0.3 is 0 Å². The average molecular weight is 501 g/mol. The van der Waals surface area contributed by atoms with E-state index in [9.17, 15) is 14.0 Å². The number of nitrogens with zero attached hydrogens (tertiary/aromatic N) is 4. The zero-order chi connectivity index (χ0) is 25.9. The molecular formula is C30H33FN4O2. The number of halogens is 1. The molecule has 2 aromatic carbocycles. The Morgan fingerprint density at radius 2 is 1.70 bits per heavy atom. The maximum absolute atomic E-state index is 13.2. The molecule has 3 aromatic rings. The summed E-state index contributed by atoms with van der Waals surface area (Å²) in [5.74, 6) is -0.204. The number of hydrogen-bond acceptors (Lipinski definition) is 4. The Labute approximate surface area is 217 Å². The summed E-state index contributed by atoms with van der Waals surface area (Å²) < 4.78 is 13.2. The first-order valence-corrected chi connectivity index (χ1v) is 12.9. The van der Waals surface area contributed by atoms with Gasteiger partial charge in [0, 0.05) is 64.5 Å². The summed E-state index contributed by atoms with van der Waals surface area (Å²) in [4.78, 5) is 35.3. The number of aromatic nitrogens is 1. The van der Waals surface area contributed by atoms with E-state index in [1.807, 2.05) is 22.9 Å². The molecule has 1 aliphatic carbocycles. The smallest absolute Gasteiger partial charge is 0.272 e. The summed E-state index contributed by atoms with van der Waals surface area (Å²) in [6.45, 7) is 5.95. The molecule has 2 amide bonds. The molecule has 2 heterocycles. The van der Waals surface area contributed by atoms with E-state index in [1.165, 1.54) is 28.8 Å². The lowest BCUT2D eigenvalue weighted by Gasteiger charge is -2.35. The first-order chi connectivity index (χ1) is 17.9. The number of carbonyl (C=O) groups is 2. The third-order valence-electron chi connectivity index (χ3n) is 7.73. The van der Waals surface area contributed by atoms with Crippen molar-refractivity contribution in [2.75, 3.05) is 33.2 Å². The molecule has 0 spiro atoms. The van der Waals surface area contributed by atoms with Crippen molar-refractivity contribution in [3.8, 4) is 11.1 Å². The van der Waals surface area contributed by atoms with Crippen LogP contribution in [0.4, 0.5) is 4.39 Å². The number of fused-ring (bicyclic) bond motifs is 1. The molecule has 0 N–H and O–H groups in total. The van der Waals surface area contributed by atoms with Crippen molar-refractivity contribution in [1.82, 2.24) is 19.7 Å². The second kappa shape index (κ2) is 10.8. The topological polar surface area (TPSA) is 56.8 Å². The fourth-order valence-corrected chi connectivity index (χ4v) is 5.38. The van der Waals surface area contributed by atoms with Crippen LogP contribution in [0.3, 0.4) is 0 Å². The van der Waals surface area contributed by atoms with Gasteiger partial charge in [-0.2, -0.15) is 0 Å². The van der Waals surface area contributed by atoms with Crippen molar-refractivity contribution in [2.24, 2.45) is 0 Å². The van der Waals surface area contributed by atoms with Gasteiger partial charge in [-0.05, 0) is 59.7 Å². The minimum atomic E-state index is -0.278. The molecule has 37 heavy (non-hydrogen) atoms. The van der Waals surface area contributed by atoms with Gasteiger partial charge in [0.25, 0.3) is 5.91 Å². The highest BCUT2D eigenvalue weighted by molar-refractivity contribution is 5.92. The molecule has 1 saturated heterocycles. The number of aryl methyl sites for hydroxylation is 1. The van der Waals surface area contributed by atoms with Crippen LogP contribution in [-0.4, -0.2) is 70.8 Å². The first-order valence-electron chi connectivity index (χ1n) is 12.9. The van der Waals surface area contributed by atoms with E-state index in [0.717, 1.165) is 63.1 Å². The number of amides is 2. The molecule has 0 radical (unpaired) electrons. The SMILES string of the molecule is CC(=O)N1CCN(Cc2ccc3c(c2)CC[C@H](N(C)C(=O)c2ccc(-c4ccc(F)cc4)cn2)C3)CC1. The van der Waals surface area contributed by atoms with E-state index in [4.69, 9.17) is 0 Å². The molecule has 7 heteroatoms. The standard InChI is InChI=1S/C30H33FN4O2/c1-21(36)35-15-13-34(14-16-35)20-22-3-4-25-18-28(11-7-24(25)17-22)33(2)30(37)29-12-8-26(19-32-29)23-5-9-27(31)10-6-23/h3-6,8-10,12,17,19,28H,7,11,13-16,18,20H2,1-2H3/t28-/m0/s1. The van der Waals surface area contributed by atoms with Crippen molar-refractivity contribution >= 4 is 11.8 Å². The summed E-state index contributed by atoms with van der Waals surface area (Å²) in [5, 5.41) is 0. The highest BCUT2D eigenvalue weighted by atomic mass is 19.1. The van der Waals surface area contributed by atoms with Gasteiger partial charge in [0.15, 0.2) is 0 Å². The quantitative estimate of drug-likeness (QED) is 0.528. The van der Waals surface area contributed by atoms with Crippen LogP contribution in [0.5, 0.6) is 0 Å². The van der Waals surface area contributed by atoms with Gasteiger partial charge in [-0.15, -0.1) is 0 Å². The van der Waals surface area contributed by atoms with E-state index in [1.54, 1.807) is 31.3 Å². The molecule has 5 rings (SSSR count). The zero-order valence-electron chi connectivity index (χ0n) is 21.5. The number of pyridine rings is 1. The minimum absolute atomic E-state index is 0.0829. The Hall–Kier alpha value is -3.58. The van der Waals surface area contributed by atoms with Gasteiger partial charge in [-0.3, -0.25) is 19.5 Å². The summed E-state index contributed by atoms with van der Waals surface area (Å²) in [6, 6.07) is 16.7. The predicted molar refractivity (Wildman–Crippen MR) is 142 cm³/mol. The lowest BCUT2D eigenvalue weighted by atomic mass is 9.86. The lowest BCUT2D eigenvalue weighted by Crippen LogP contribution is -2.47. The molecule has 1 aromatic heterocycles. The highest BCUT2D eigenvalue weighted by Gasteiger charge is 2.27. The van der Waals surface area contributed by atoms with Gasteiger partial charge in [0.1, 0.15) is 11.5 Å². The number of rotatable bonds is 5. The van der Waals surface area contributed by atoms with Crippen LogP contribution in [0.1, 0.15) is 40.5 Å². The highest BCUT2D eigenvalue weighted by Crippen LogP contribution is 2.27. The fourth-order valence-electron chi connectivity index (χ4n) is 5.38. The third-order valence-corrected chi connectivity index (χ3v) is 7.73. The molecule has 1 aliphatic heterocycles. The molecule has 192 valence electrons. The summed E-state index contributed by atoms with van der Waals surface area (Å²) in [7, 11) is 1.86. The van der Waals surface area contributed by atoms with E-state index >= 15 is 0 Å². The number of carbonyl (C=O) groups excluding carboxylic acids is 2. The zero-order valence-corrected chi connectivity index (χ0v) is 21.5. The number of likely N-dealkylation sites (N-methyl/N-ethyl adjacent to an activating group) is 1. The van der Waals surface area contributed by atoms with Crippen molar-refractivity contribution in [1.29, 1.82) is 0 Å². The molecule has 1 atom stereocenters. The number of piperazine rings is 1. The fraction of sp³-hybridized carbons (Fsp3) is 0.367. The van der Waals surface area contributed by atoms with Gasteiger partial charge in [0.2, 0.25) is 5.91 Å². The van der Waals surface area contributed by atoms with Crippen LogP contribution < -0.4 is 0 Å². The van der Waals surface area contributed by atoms with Gasteiger partial charge < -0.3 is 9.80 Å². The first kappa shape index (κ1) is 25.1. The van der Waals surface area contributed by atoms with Crippen LogP contribution >= 0.6 is 0 Å². The molecule has 0 saturated carbocycles. The van der Waals surface area contributed by atoms with Crippen molar-refractivity contribution in [3.63, 3.8) is 0 Å². The number of hydrogen-bond donors (Lipinski definition) is 0. The Morgan fingerprint density at radius 3 is 2.38 bits per heavy atom. The van der Waals surface area contributed by atoms with Crippen LogP contribution in [0.15, 0.2) is 60.8 Å². The molecule has 1 fully saturated rings. The predicted octanol–water partition coefficient (Wildman–Crippen LogP) is 4.18. The maximum Gasteiger partial charge on any atom is 0.272 e. The summed E-state index contributed by atoms with van der Waals surface area (Å²) in [6.07, 6.45) is 4.37. The summed E-state index contributed by atoms with van der Waals surface area (Å²) in [5.41, 5.74) is 6.12. The normalized spacial score (nSPS) is 17.8. The minimum Gasteiger partial charge on any atom is -0.340 e. The van der Waals surface area contributed by atoms with Gasteiger partial charge in [-0.25, -0.2) is 4.39 Å². The molecular weight excluding hydrogens is 467 g/mol. The molecule has 0 bridgehead atoms. The Bertz CT molecular complexity index is 1270. The Balaban J connectivity index is 1.19. The van der Waals surface area contributed by atoms with E-state index < -0.39 is 0 Å². The second-order valence-electron chi connectivity index (χ2n) is 10.1. The third kappa shape index (κ3) is 5.72. The largest absolute Gasteiger partial charge is 0.340 e. The van der Waals surface area contributed by atoms with Crippen molar-refractivity contribution in [3.05, 3.63) is 89.0 Å². The van der Waals surface area contributed by atoms with Crippen LogP contribution in [0.25, 0.3) is 11.1 Å².